The van der Waals surface area contributed by atoms with Crippen molar-refractivity contribution in [1.29, 1.82) is 0 Å². The van der Waals surface area contributed by atoms with Crippen LogP contribution in [0.25, 0.3) is 11.4 Å². The monoisotopic (exact) mass is 317 g/mol. The molecule has 1 aromatic carbocycles. The fraction of sp³-hybridized carbons (Fsp3) is 0.143. The number of hydrogen-bond acceptors (Lipinski definition) is 5. The number of nitrogens with zero attached hydrogens (tertiary/aromatic N) is 3. The SMILES string of the molecule is CCc1ocnc1C(=O)Nc1n[nH]c(-c2ccccc2Cl)n1. The third kappa shape index (κ3) is 2.71. The van der Waals surface area contributed by atoms with E-state index in [9.17, 15) is 4.79 Å². The first kappa shape index (κ1) is 14.3. The van der Waals surface area contributed by atoms with E-state index in [1.54, 1.807) is 12.1 Å². The number of benzene rings is 1. The Kier molecular flexibility index (Phi) is 3.88. The Morgan fingerprint density at radius 3 is 3.00 bits per heavy atom. The summed E-state index contributed by atoms with van der Waals surface area (Å²) < 4.78 is 5.12. The summed E-state index contributed by atoms with van der Waals surface area (Å²) in [4.78, 5) is 20.2. The molecule has 2 N–H and O–H groups in total. The minimum absolute atomic E-state index is 0.143. The summed E-state index contributed by atoms with van der Waals surface area (Å²) in [6.07, 6.45) is 1.81. The first-order valence-electron chi connectivity index (χ1n) is 6.60. The lowest BCUT2D eigenvalue weighted by atomic mass is 10.2. The first-order chi connectivity index (χ1) is 10.7. The van der Waals surface area contributed by atoms with Crippen molar-refractivity contribution >= 4 is 23.5 Å². The van der Waals surface area contributed by atoms with Gasteiger partial charge in [-0.25, -0.2) is 4.98 Å². The highest BCUT2D eigenvalue weighted by atomic mass is 35.5. The quantitative estimate of drug-likeness (QED) is 0.771. The molecule has 2 heterocycles. The molecule has 0 aliphatic heterocycles. The number of halogens is 1. The van der Waals surface area contributed by atoms with Gasteiger partial charge in [0, 0.05) is 12.0 Å². The van der Waals surface area contributed by atoms with Crippen LogP contribution >= 0.6 is 11.6 Å². The second-order valence-electron chi connectivity index (χ2n) is 4.42. The smallest absolute Gasteiger partial charge is 0.280 e. The number of aromatic nitrogens is 4. The molecule has 3 rings (SSSR count). The summed E-state index contributed by atoms with van der Waals surface area (Å²) in [6.45, 7) is 1.87. The minimum atomic E-state index is -0.421. The molecule has 3 aromatic rings. The van der Waals surface area contributed by atoms with Crippen LogP contribution in [-0.2, 0) is 6.42 Å². The summed E-state index contributed by atoms with van der Waals surface area (Å²) in [6, 6.07) is 7.22. The summed E-state index contributed by atoms with van der Waals surface area (Å²) in [5.41, 5.74) is 0.930. The van der Waals surface area contributed by atoms with Gasteiger partial charge in [-0.15, -0.1) is 5.10 Å². The molecule has 2 aromatic heterocycles. The van der Waals surface area contributed by atoms with Crippen LogP contribution in [0, 0.1) is 0 Å². The molecule has 0 atom stereocenters. The molecule has 0 aliphatic carbocycles. The molecule has 0 fully saturated rings. The van der Waals surface area contributed by atoms with Gasteiger partial charge in [-0.2, -0.15) is 4.98 Å². The Labute approximate surface area is 130 Å². The highest BCUT2D eigenvalue weighted by Crippen LogP contribution is 2.25. The number of nitrogens with one attached hydrogen (secondary N) is 2. The van der Waals surface area contributed by atoms with E-state index in [0.29, 0.717) is 28.6 Å². The molecule has 1 amide bonds. The Bertz CT molecular complexity index is 811. The Balaban J connectivity index is 1.80. The number of carbonyl (C=O) groups is 1. The van der Waals surface area contributed by atoms with Crippen molar-refractivity contribution in [3.05, 3.63) is 47.1 Å². The first-order valence-corrected chi connectivity index (χ1v) is 6.98. The van der Waals surface area contributed by atoms with E-state index in [0.717, 1.165) is 0 Å². The molecule has 0 bridgehead atoms. The van der Waals surface area contributed by atoms with Crippen LogP contribution in [0.1, 0.15) is 23.2 Å². The Morgan fingerprint density at radius 1 is 1.41 bits per heavy atom. The lowest BCUT2D eigenvalue weighted by Crippen LogP contribution is -2.15. The maximum absolute atomic E-state index is 12.1. The second kappa shape index (κ2) is 5.98. The topological polar surface area (TPSA) is 96.7 Å². The Morgan fingerprint density at radius 2 is 2.23 bits per heavy atom. The Hall–Kier alpha value is -2.67. The summed E-state index contributed by atoms with van der Waals surface area (Å²) in [5, 5.41) is 9.81. The zero-order valence-corrected chi connectivity index (χ0v) is 12.4. The van der Waals surface area contributed by atoms with Crippen molar-refractivity contribution in [2.24, 2.45) is 0 Å². The van der Waals surface area contributed by atoms with Gasteiger partial charge in [-0.05, 0) is 12.1 Å². The van der Waals surface area contributed by atoms with Gasteiger partial charge in [-0.3, -0.25) is 15.2 Å². The standard InChI is InChI=1S/C14H12ClN5O2/c1-2-10-11(16-7-22-10)13(21)18-14-17-12(19-20-14)8-5-3-4-6-9(8)15/h3-7H,2H2,1H3,(H2,17,18,19,20,21). The van der Waals surface area contributed by atoms with Gasteiger partial charge < -0.3 is 4.42 Å². The number of aromatic amines is 1. The lowest BCUT2D eigenvalue weighted by Gasteiger charge is -1.99. The zero-order valence-electron chi connectivity index (χ0n) is 11.6. The highest BCUT2D eigenvalue weighted by Gasteiger charge is 2.17. The number of amides is 1. The number of anilines is 1. The van der Waals surface area contributed by atoms with E-state index >= 15 is 0 Å². The fourth-order valence-corrected chi connectivity index (χ4v) is 2.18. The van der Waals surface area contributed by atoms with Gasteiger partial charge in [-0.1, -0.05) is 30.7 Å². The number of oxazole rings is 1. The summed E-state index contributed by atoms with van der Waals surface area (Å²) in [5.74, 6) is 0.705. The molecule has 0 radical (unpaired) electrons. The number of H-pyrrole nitrogens is 1. The van der Waals surface area contributed by atoms with Crippen LogP contribution < -0.4 is 5.32 Å². The zero-order chi connectivity index (χ0) is 15.5. The maximum atomic E-state index is 12.1. The van der Waals surface area contributed by atoms with Gasteiger partial charge >= 0.3 is 0 Å². The van der Waals surface area contributed by atoms with Crippen LogP contribution in [0.3, 0.4) is 0 Å². The second-order valence-corrected chi connectivity index (χ2v) is 4.83. The largest absolute Gasteiger partial charge is 0.448 e. The maximum Gasteiger partial charge on any atom is 0.280 e. The predicted molar refractivity (Wildman–Crippen MR) is 80.7 cm³/mol. The third-order valence-corrected chi connectivity index (χ3v) is 3.35. The highest BCUT2D eigenvalue weighted by molar-refractivity contribution is 6.33. The van der Waals surface area contributed by atoms with E-state index in [-0.39, 0.29) is 11.6 Å². The summed E-state index contributed by atoms with van der Waals surface area (Å²) >= 11 is 6.10. The van der Waals surface area contributed by atoms with Gasteiger partial charge in [0.25, 0.3) is 5.91 Å². The molecule has 0 spiro atoms. The summed E-state index contributed by atoms with van der Waals surface area (Å²) in [7, 11) is 0. The molecular formula is C14H12ClN5O2. The van der Waals surface area contributed by atoms with Crippen LogP contribution in [0.2, 0.25) is 5.02 Å². The van der Waals surface area contributed by atoms with E-state index in [1.807, 2.05) is 19.1 Å². The molecule has 0 saturated heterocycles. The predicted octanol–water partition coefficient (Wildman–Crippen LogP) is 2.93. The third-order valence-electron chi connectivity index (χ3n) is 3.02. The minimum Gasteiger partial charge on any atom is -0.448 e. The molecule has 0 unspecified atom stereocenters. The van der Waals surface area contributed by atoms with Crippen LogP contribution in [-0.4, -0.2) is 26.1 Å². The van der Waals surface area contributed by atoms with E-state index in [4.69, 9.17) is 16.0 Å². The molecule has 0 saturated carbocycles. The average molecular weight is 318 g/mol. The number of hydrogen-bond donors (Lipinski definition) is 2. The fourth-order valence-electron chi connectivity index (χ4n) is 1.96. The van der Waals surface area contributed by atoms with Crippen molar-refractivity contribution in [3.63, 3.8) is 0 Å². The van der Waals surface area contributed by atoms with E-state index in [2.05, 4.69) is 25.5 Å². The van der Waals surface area contributed by atoms with Crippen LogP contribution in [0.15, 0.2) is 35.1 Å². The van der Waals surface area contributed by atoms with Crippen LogP contribution in [0.4, 0.5) is 5.95 Å². The number of carbonyl (C=O) groups excluding carboxylic acids is 1. The molecule has 0 aliphatic rings. The molecule has 8 heteroatoms. The molecule has 112 valence electrons. The van der Waals surface area contributed by atoms with Gasteiger partial charge in [0.05, 0.1) is 5.02 Å². The van der Waals surface area contributed by atoms with Crippen molar-refractivity contribution in [2.45, 2.75) is 13.3 Å². The van der Waals surface area contributed by atoms with E-state index in [1.165, 1.54) is 6.39 Å². The molecule has 22 heavy (non-hydrogen) atoms. The lowest BCUT2D eigenvalue weighted by molar-refractivity contribution is 0.102. The number of rotatable bonds is 4. The van der Waals surface area contributed by atoms with Crippen molar-refractivity contribution in [3.8, 4) is 11.4 Å². The van der Waals surface area contributed by atoms with Gasteiger partial charge in [0.1, 0.15) is 5.76 Å². The van der Waals surface area contributed by atoms with Crippen molar-refractivity contribution in [2.75, 3.05) is 5.32 Å². The van der Waals surface area contributed by atoms with Crippen molar-refractivity contribution in [1.82, 2.24) is 20.2 Å². The van der Waals surface area contributed by atoms with Crippen LogP contribution in [0.5, 0.6) is 0 Å². The average Bonchev–Trinajstić information content (AvgIpc) is 3.16. The number of aryl methyl sites for hydroxylation is 1. The van der Waals surface area contributed by atoms with E-state index < -0.39 is 5.91 Å². The molecular weight excluding hydrogens is 306 g/mol. The normalized spacial score (nSPS) is 10.6. The molecule has 7 nitrogen and oxygen atoms in total. The van der Waals surface area contributed by atoms with Crippen molar-refractivity contribution < 1.29 is 9.21 Å². The van der Waals surface area contributed by atoms with Gasteiger partial charge in [0.2, 0.25) is 5.95 Å². The van der Waals surface area contributed by atoms with Gasteiger partial charge in [0.15, 0.2) is 17.9 Å².